The normalized spacial score (nSPS) is 11.9. The van der Waals surface area contributed by atoms with Gasteiger partial charge in [0.2, 0.25) is 0 Å². The fourth-order valence-electron chi connectivity index (χ4n) is 1.01. The third-order valence-electron chi connectivity index (χ3n) is 1.91. The highest BCUT2D eigenvalue weighted by molar-refractivity contribution is 5.77. The number of hydrogen-bond acceptors (Lipinski definition) is 3. The van der Waals surface area contributed by atoms with Gasteiger partial charge in [-0.2, -0.15) is 0 Å². The molecule has 0 aliphatic heterocycles. The summed E-state index contributed by atoms with van der Waals surface area (Å²) in [7, 11) is 0. The van der Waals surface area contributed by atoms with E-state index < -0.39 is 12.1 Å². The van der Waals surface area contributed by atoms with Crippen LogP contribution in [0.15, 0.2) is 42.5 Å². The van der Waals surface area contributed by atoms with Crippen LogP contribution in [0.4, 0.5) is 0 Å². The molecule has 0 bridgehead atoms. The van der Waals surface area contributed by atoms with Gasteiger partial charge in [0.1, 0.15) is 6.61 Å². The van der Waals surface area contributed by atoms with Crippen molar-refractivity contribution < 1.29 is 14.6 Å². The van der Waals surface area contributed by atoms with E-state index in [2.05, 4.69) is 6.58 Å². The molecule has 3 heteroatoms. The van der Waals surface area contributed by atoms with Crippen molar-refractivity contribution in [3.63, 3.8) is 0 Å². The minimum atomic E-state index is -1.23. The molecule has 0 fully saturated rings. The molecule has 1 N–H and O–H groups in total. The van der Waals surface area contributed by atoms with Gasteiger partial charge < -0.3 is 9.84 Å². The Morgan fingerprint density at radius 3 is 2.60 bits per heavy atom. The molecule has 0 aliphatic rings. The SMILES string of the molecule is C=C(C)[C@@H](O)C(=O)OCc1ccccc1. The summed E-state index contributed by atoms with van der Waals surface area (Å²) in [6.07, 6.45) is -1.23. The summed E-state index contributed by atoms with van der Waals surface area (Å²) in [5, 5.41) is 9.30. The van der Waals surface area contributed by atoms with E-state index in [1.807, 2.05) is 30.3 Å². The minimum Gasteiger partial charge on any atom is -0.459 e. The zero-order valence-corrected chi connectivity index (χ0v) is 8.64. The van der Waals surface area contributed by atoms with E-state index in [9.17, 15) is 9.90 Å². The third kappa shape index (κ3) is 3.56. The number of carbonyl (C=O) groups excluding carboxylic acids is 1. The Kier molecular flexibility index (Phi) is 4.06. The summed E-state index contributed by atoms with van der Waals surface area (Å²) in [4.78, 5) is 11.2. The molecule has 0 saturated carbocycles. The van der Waals surface area contributed by atoms with Crippen molar-refractivity contribution >= 4 is 5.97 Å². The van der Waals surface area contributed by atoms with Gasteiger partial charge in [0.05, 0.1) is 0 Å². The molecule has 0 aromatic heterocycles. The maximum Gasteiger partial charge on any atom is 0.339 e. The molecular weight excluding hydrogens is 192 g/mol. The fourth-order valence-corrected chi connectivity index (χ4v) is 1.01. The lowest BCUT2D eigenvalue weighted by Gasteiger charge is -2.09. The monoisotopic (exact) mass is 206 g/mol. The van der Waals surface area contributed by atoms with Crippen LogP contribution in [0.25, 0.3) is 0 Å². The van der Waals surface area contributed by atoms with Crippen LogP contribution in [0, 0.1) is 0 Å². The highest BCUT2D eigenvalue weighted by Crippen LogP contribution is 2.04. The highest BCUT2D eigenvalue weighted by Gasteiger charge is 2.16. The number of rotatable bonds is 4. The number of esters is 1. The van der Waals surface area contributed by atoms with Gasteiger partial charge in [-0.15, -0.1) is 0 Å². The first-order valence-corrected chi connectivity index (χ1v) is 4.65. The summed E-state index contributed by atoms with van der Waals surface area (Å²) >= 11 is 0. The Labute approximate surface area is 89.0 Å². The van der Waals surface area contributed by atoms with Gasteiger partial charge >= 0.3 is 5.97 Å². The van der Waals surface area contributed by atoms with E-state index in [0.29, 0.717) is 5.57 Å². The Hall–Kier alpha value is -1.61. The third-order valence-corrected chi connectivity index (χ3v) is 1.91. The first-order chi connectivity index (χ1) is 7.11. The van der Waals surface area contributed by atoms with Gasteiger partial charge in [-0.25, -0.2) is 4.79 Å². The first-order valence-electron chi connectivity index (χ1n) is 4.65. The number of aliphatic hydroxyl groups excluding tert-OH is 1. The molecule has 3 nitrogen and oxygen atoms in total. The highest BCUT2D eigenvalue weighted by atomic mass is 16.5. The van der Waals surface area contributed by atoms with Crippen molar-refractivity contribution in [1.29, 1.82) is 0 Å². The van der Waals surface area contributed by atoms with Gasteiger partial charge in [0.25, 0.3) is 0 Å². The van der Waals surface area contributed by atoms with Crippen LogP contribution < -0.4 is 0 Å². The van der Waals surface area contributed by atoms with Crippen molar-refractivity contribution in [1.82, 2.24) is 0 Å². The molecule has 0 radical (unpaired) electrons. The standard InChI is InChI=1S/C12H14O3/c1-9(2)11(13)12(14)15-8-10-6-4-3-5-7-10/h3-7,11,13H,1,8H2,2H3/t11-/m1/s1. The smallest absolute Gasteiger partial charge is 0.339 e. The van der Waals surface area contributed by atoms with E-state index in [1.54, 1.807) is 6.92 Å². The summed E-state index contributed by atoms with van der Waals surface area (Å²) in [5.74, 6) is -0.661. The lowest BCUT2D eigenvalue weighted by molar-refractivity contribution is -0.152. The Bertz CT molecular complexity index is 343. The second kappa shape index (κ2) is 5.32. The second-order valence-corrected chi connectivity index (χ2v) is 3.34. The molecule has 1 aromatic rings. The van der Waals surface area contributed by atoms with E-state index in [1.165, 1.54) is 0 Å². The Morgan fingerprint density at radius 1 is 1.47 bits per heavy atom. The van der Waals surface area contributed by atoms with Gasteiger partial charge in [-0.05, 0) is 18.1 Å². The zero-order chi connectivity index (χ0) is 11.3. The van der Waals surface area contributed by atoms with Gasteiger partial charge in [-0.3, -0.25) is 0 Å². The molecule has 0 spiro atoms. The van der Waals surface area contributed by atoms with E-state index in [-0.39, 0.29) is 6.61 Å². The van der Waals surface area contributed by atoms with Crippen molar-refractivity contribution in [2.75, 3.05) is 0 Å². The summed E-state index contributed by atoms with van der Waals surface area (Å²) in [5.41, 5.74) is 1.27. The van der Waals surface area contributed by atoms with E-state index >= 15 is 0 Å². The predicted octanol–water partition coefficient (Wildman–Crippen LogP) is 1.67. The average Bonchev–Trinajstić information content (AvgIpc) is 2.26. The quantitative estimate of drug-likeness (QED) is 0.602. The molecule has 0 amide bonds. The number of aliphatic hydroxyl groups is 1. The molecule has 15 heavy (non-hydrogen) atoms. The topological polar surface area (TPSA) is 46.5 Å². The molecule has 1 rings (SSSR count). The fraction of sp³-hybridized carbons (Fsp3) is 0.250. The summed E-state index contributed by atoms with van der Waals surface area (Å²) < 4.78 is 4.90. The average molecular weight is 206 g/mol. The van der Waals surface area contributed by atoms with Crippen LogP contribution in [0.2, 0.25) is 0 Å². The Balaban J connectivity index is 2.44. The molecule has 0 heterocycles. The van der Waals surface area contributed by atoms with Crippen molar-refractivity contribution in [2.45, 2.75) is 19.6 Å². The van der Waals surface area contributed by atoms with Crippen LogP contribution >= 0.6 is 0 Å². The van der Waals surface area contributed by atoms with Gasteiger partial charge in [-0.1, -0.05) is 36.9 Å². The number of hydrogen-bond donors (Lipinski definition) is 1. The van der Waals surface area contributed by atoms with Crippen LogP contribution in [0.1, 0.15) is 12.5 Å². The molecule has 1 aromatic carbocycles. The minimum absolute atomic E-state index is 0.171. The van der Waals surface area contributed by atoms with Crippen LogP contribution in [-0.4, -0.2) is 17.2 Å². The van der Waals surface area contributed by atoms with Crippen LogP contribution in [0.3, 0.4) is 0 Å². The number of carbonyl (C=O) groups is 1. The van der Waals surface area contributed by atoms with E-state index in [0.717, 1.165) is 5.56 Å². The van der Waals surface area contributed by atoms with Crippen LogP contribution in [0.5, 0.6) is 0 Å². The Morgan fingerprint density at radius 2 is 2.07 bits per heavy atom. The lowest BCUT2D eigenvalue weighted by atomic mass is 10.2. The van der Waals surface area contributed by atoms with Gasteiger partial charge in [0, 0.05) is 0 Å². The maximum atomic E-state index is 11.2. The van der Waals surface area contributed by atoms with Crippen LogP contribution in [-0.2, 0) is 16.1 Å². The van der Waals surface area contributed by atoms with E-state index in [4.69, 9.17) is 4.74 Å². The number of ether oxygens (including phenoxy) is 1. The maximum absolute atomic E-state index is 11.2. The lowest BCUT2D eigenvalue weighted by Crippen LogP contribution is -2.23. The molecule has 0 aliphatic carbocycles. The molecule has 0 saturated heterocycles. The predicted molar refractivity (Wildman–Crippen MR) is 57.1 cm³/mol. The molecule has 0 unspecified atom stereocenters. The molecular formula is C12H14O3. The largest absolute Gasteiger partial charge is 0.459 e. The second-order valence-electron chi connectivity index (χ2n) is 3.34. The molecule has 80 valence electrons. The van der Waals surface area contributed by atoms with Gasteiger partial charge in [0.15, 0.2) is 6.10 Å². The summed E-state index contributed by atoms with van der Waals surface area (Å²) in [6.45, 7) is 5.23. The zero-order valence-electron chi connectivity index (χ0n) is 8.64. The summed E-state index contributed by atoms with van der Waals surface area (Å²) in [6, 6.07) is 9.30. The molecule has 1 atom stereocenters. The van der Waals surface area contributed by atoms with Crippen molar-refractivity contribution in [3.05, 3.63) is 48.0 Å². The number of benzene rings is 1. The van der Waals surface area contributed by atoms with Crippen molar-refractivity contribution in [3.8, 4) is 0 Å². The van der Waals surface area contributed by atoms with Crippen molar-refractivity contribution in [2.24, 2.45) is 0 Å². The first kappa shape index (κ1) is 11.5.